The van der Waals surface area contributed by atoms with E-state index in [4.69, 9.17) is 0 Å². The lowest BCUT2D eigenvalue weighted by atomic mass is 9.77. The third-order valence-electron chi connectivity index (χ3n) is 9.88. The quantitative estimate of drug-likeness (QED) is 0.174. The number of allylic oxidation sites excluding steroid dienone is 5. The second-order valence-corrected chi connectivity index (χ2v) is 12.8. The van der Waals surface area contributed by atoms with Crippen LogP contribution in [0.25, 0.3) is 66.9 Å². The van der Waals surface area contributed by atoms with Crippen molar-refractivity contribution >= 4 is 22.4 Å². The lowest BCUT2D eigenvalue weighted by molar-refractivity contribution is 0.991. The average Bonchev–Trinajstić information content (AvgIpc) is 3.19. The molecule has 0 nitrogen and oxygen atoms in total. The molecule has 0 saturated heterocycles. The molecule has 0 N–H and O–H groups in total. The molecule has 6 aromatic rings. The van der Waals surface area contributed by atoms with E-state index in [9.17, 15) is 0 Å². The molecule has 0 heterocycles. The van der Waals surface area contributed by atoms with Gasteiger partial charge in [0.2, 0.25) is 0 Å². The standard InChI is InChI=1S/C46H38.2C2H6/c1-31-16-9-10-22-38(31)44-32(2)17-15-27-43(44)46-41-25-13-11-23-39(41)45(40-24-12-14-26-42(40)46)37-29-35(33-18-5-3-6-19-33)28-36(30-37)34-20-7-4-8-21-34;2*1-2/h3-7,9-13,15-20,22-25,27-30H,8,14,21,26H2,1-2H3;2*1-2H3. The minimum absolute atomic E-state index is 1.03. The SMILES string of the molecule is CC.CC.Cc1ccccc1-c1c(C)cccc1-c1c2c(c(-c3cc(C4=CC=CCC4)cc(-c4ccccc4)c3)c3ccccc13)C=CCC2. The van der Waals surface area contributed by atoms with Crippen LogP contribution in [-0.4, -0.2) is 0 Å². The van der Waals surface area contributed by atoms with E-state index in [1.54, 1.807) is 0 Å². The summed E-state index contributed by atoms with van der Waals surface area (Å²) >= 11 is 0. The smallest absolute Gasteiger partial charge is 0.00293 e. The topological polar surface area (TPSA) is 0 Å². The molecule has 0 heteroatoms. The number of benzene rings is 6. The summed E-state index contributed by atoms with van der Waals surface area (Å²) in [7, 11) is 0. The Morgan fingerprint density at radius 1 is 0.460 bits per heavy atom. The molecular formula is C50H50. The predicted octanol–water partition coefficient (Wildman–Crippen LogP) is 14.9. The monoisotopic (exact) mass is 650 g/mol. The maximum absolute atomic E-state index is 2.45. The summed E-state index contributed by atoms with van der Waals surface area (Å²) in [6.45, 7) is 12.5. The van der Waals surface area contributed by atoms with Crippen molar-refractivity contribution in [3.05, 3.63) is 167 Å². The number of hydrogen-bond donors (Lipinski definition) is 0. The van der Waals surface area contributed by atoms with Crippen LogP contribution in [-0.2, 0) is 6.42 Å². The molecule has 2 aliphatic carbocycles. The Hall–Kier alpha value is -5.20. The van der Waals surface area contributed by atoms with E-state index < -0.39 is 0 Å². The largest absolute Gasteiger partial charge is 0.0842 e. The maximum Gasteiger partial charge on any atom is -0.00293 e. The van der Waals surface area contributed by atoms with Gasteiger partial charge in [-0.25, -0.2) is 0 Å². The van der Waals surface area contributed by atoms with Crippen LogP contribution in [0.2, 0.25) is 0 Å². The van der Waals surface area contributed by atoms with Gasteiger partial charge in [0, 0.05) is 0 Å². The first-order valence-electron chi connectivity index (χ1n) is 18.6. The normalized spacial score (nSPS) is 13.0. The molecule has 250 valence electrons. The zero-order valence-corrected chi connectivity index (χ0v) is 30.7. The summed E-state index contributed by atoms with van der Waals surface area (Å²) in [6.07, 6.45) is 15.8. The number of aryl methyl sites for hydroxylation is 2. The predicted molar refractivity (Wildman–Crippen MR) is 222 cm³/mol. The average molecular weight is 651 g/mol. The molecule has 6 aromatic carbocycles. The summed E-state index contributed by atoms with van der Waals surface area (Å²) in [5, 5.41) is 2.65. The van der Waals surface area contributed by atoms with Gasteiger partial charge in [-0.05, 0) is 146 Å². The maximum atomic E-state index is 2.45. The first kappa shape index (κ1) is 34.7. The lowest BCUT2D eigenvalue weighted by Gasteiger charge is -2.26. The Labute approximate surface area is 300 Å². The summed E-state index contributed by atoms with van der Waals surface area (Å²) < 4.78 is 0. The summed E-state index contributed by atoms with van der Waals surface area (Å²) in [5.74, 6) is 0. The second kappa shape index (κ2) is 16.0. The van der Waals surface area contributed by atoms with Crippen molar-refractivity contribution in [2.24, 2.45) is 0 Å². The highest BCUT2D eigenvalue weighted by Gasteiger charge is 2.24. The molecule has 0 aromatic heterocycles. The van der Waals surface area contributed by atoms with Crippen LogP contribution >= 0.6 is 0 Å². The van der Waals surface area contributed by atoms with E-state index in [0.29, 0.717) is 0 Å². The van der Waals surface area contributed by atoms with Crippen molar-refractivity contribution in [3.8, 4) is 44.5 Å². The zero-order chi connectivity index (χ0) is 35.0. The molecule has 0 bridgehead atoms. The van der Waals surface area contributed by atoms with E-state index in [0.717, 1.165) is 25.7 Å². The van der Waals surface area contributed by atoms with Gasteiger partial charge in [-0.3, -0.25) is 0 Å². The second-order valence-electron chi connectivity index (χ2n) is 12.8. The van der Waals surface area contributed by atoms with E-state index in [-0.39, 0.29) is 0 Å². The minimum Gasteiger partial charge on any atom is -0.0842 e. The molecule has 0 saturated carbocycles. The Kier molecular flexibility index (Phi) is 11.1. The number of fused-ring (bicyclic) bond motifs is 2. The minimum atomic E-state index is 1.03. The van der Waals surface area contributed by atoms with Gasteiger partial charge >= 0.3 is 0 Å². The first-order valence-corrected chi connectivity index (χ1v) is 18.6. The molecule has 50 heavy (non-hydrogen) atoms. The van der Waals surface area contributed by atoms with Crippen molar-refractivity contribution in [2.45, 2.75) is 67.2 Å². The molecule has 0 spiro atoms. The third kappa shape index (κ3) is 6.68. The molecule has 0 aliphatic heterocycles. The van der Waals surface area contributed by atoms with Crippen molar-refractivity contribution in [1.82, 2.24) is 0 Å². The lowest BCUT2D eigenvalue weighted by Crippen LogP contribution is -2.04. The van der Waals surface area contributed by atoms with E-state index >= 15 is 0 Å². The van der Waals surface area contributed by atoms with E-state index in [1.165, 1.54) is 88.7 Å². The summed E-state index contributed by atoms with van der Waals surface area (Å²) in [4.78, 5) is 0. The van der Waals surface area contributed by atoms with Crippen molar-refractivity contribution in [1.29, 1.82) is 0 Å². The fourth-order valence-corrected chi connectivity index (χ4v) is 7.69. The molecule has 0 atom stereocenters. The van der Waals surface area contributed by atoms with Gasteiger partial charge in [-0.15, -0.1) is 0 Å². The van der Waals surface area contributed by atoms with Gasteiger partial charge in [-0.2, -0.15) is 0 Å². The van der Waals surface area contributed by atoms with Gasteiger partial charge in [0.25, 0.3) is 0 Å². The van der Waals surface area contributed by atoms with Crippen LogP contribution < -0.4 is 0 Å². The Balaban J connectivity index is 0.00000104. The van der Waals surface area contributed by atoms with Gasteiger partial charge in [-0.1, -0.05) is 155 Å². The summed E-state index contributed by atoms with van der Waals surface area (Å²) in [6, 6.07) is 43.0. The number of hydrogen-bond acceptors (Lipinski definition) is 0. The highest BCUT2D eigenvalue weighted by molar-refractivity contribution is 6.12. The van der Waals surface area contributed by atoms with E-state index in [2.05, 4.69) is 159 Å². The van der Waals surface area contributed by atoms with Crippen LogP contribution in [0.3, 0.4) is 0 Å². The first-order chi connectivity index (χ1) is 24.7. The van der Waals surface area contributed by atoms with Crippen LogP contribution in [0.1, 0.15) is 74.8 Å². The van der Waals surface area contributed by atoms with Crippen molar-refractivity contribution < 1.29 is 0 Å². The highest BCUT2D eigenvalue weighted by atomic mass is 14.3. The van der Waals surface area contributed by atoms with Crippen LogP contribution in [0, 0.1) is 13.8 Å². The molecular weight excluding hydrogens is 601 g/mol. The molecule has 0 radical (unpaired) electrons. The van der Waals surface area contributed by atoms with Gasteiger partial charge < -0.3 is 0 Å². The Morgan fingerprint density at radius 3 is 1.82 bits per heavy atom. The van der Waals surface area contributed by atoms with Crippen molar-refractivity contribution in [3.63, 3.8) is 0 Å². The van der Waals surface area contributed by atoms with Gasteiger partial charge in [0.1, 0.15) is 0 Å². The Bertz CT molecular complexity index is 2200. The van der Waals surface area contributed by atoms with E-state index in [1.807, 2.05) is 27.7 Å². The van der Waals surface area contributed by atoms with Gasteiger partial charge in [0.05, 0.1) is 0 Å². The van der Waals surface area contributed by atoms with Gasteiger partial charge in [0.15, 0.2) is 0 Å². The van der Waals surface area contributed by atoms with Crippen LogP contribution in [0.15, 0.2) is 140 Å². The Morgan fingerprint density at radius 2 is 1.08 bits per heavy atom. The fraction of sp³-hybridized carbons (Fsp3) is 0.200. The molecule has 8 rings (SSSR count). The zero-order valence-electron chi connectivity index (χ0n) is 30.7. The van der Waals surface area contributed by atoms with Crippen LogP contribution in [0.4, 0.5) is 0 Å². The number of rotatable bonds is 5. The molecule has 0 unspecified atom stereocenters. The molecule has 2 aliphatic rings. The summed E-state index contributed by atoms with van der Waals surface area (Å²) in [5.41, 5.74) is 18.7. The third-order valence-corrected chi connectivity index (χ3v) is 9.88. The van der Waals surface area contributed by atoms with Crippen molar-refractivity contribution in [2.75, 3.05) is 0 Å². The van der Waals surface area contributed by atoms with Crippen LogP contribution in [0.5, 0.6) is 0 Å². The molecule has 0 fully saturated rings. The fourth-order valence-electron chi connectivity index (χ4n) is 7.69. The molecule has 0 amide bonds. The highest BCUT2D eigenvalue weighted by Crippen LogP contribution is 2.48.